The van der Waals surface area contributed by atoms with Gasteiger partial charge in [0.1, 0.15) is 11.6 Å². The van der Waals surface area contributed by atoms with Gasteiger partial charge in [0.15, 0.2) is 0 Å². The van der Waals surface area contributed by atoms with Crippen molar-refractivity contribution in [1.29, 1.82) is 0 Å². The number of benzene rings is 1. The molecule has 7 amide bonds. The fourth-order valence-electron chi connectivity index (χ4n) is 18.9. The van der Waals surface area contributed by atoms with Crippen LogP contribution in [0.2, 0.25) is 0 Å². The highest BCUT2D eigenvalue weighted by Gasteiger charge is 2.33. The van der Waals surface area contributed by atoms with E-state index in [4.69, 9.17) is 5.11 Å². The van der Waals surface area contributed by atoms with Crippen molar-refractivity contribution in [3.05, 3.63) is 35.9 Å². The second kappa shape index (κ2) is 101. The lowest BCUT2D eigenvalue weighted by Crippen LogP contribution is -2.39. The monoisotopic (exact) mass is 2110 g/mol. The molecule has 0 aromatic heterocycles. The van der Waals surface area contributed by atoms with Gasteiger partial charge in [-0.25, -0.2) is 0 Å². The van der Waals surface area contributed by atoms with Crippen LogP contribution in [0.3, 0.4) is 0 Å². The van der Waals surface area contributed by atoms with Crippen LogP contribution in [-0.2, 0) is 49.6 Å². The lowest BCUT2D eigenvalue weighted by atomic mass is 9.74. The molecule has 0 spiro atoms. The maximum absolute atomic E-state index is 12.5. The van der Waals surface area contributed by atoms with E-state index < -0.39 is 0 Å². The molecule has 0 saturated heterocycles. The minimum Gasteiger partial charge on any atom is -0.396 e. The van der Waals surface area contributed by atoms with E-state index in [0.717, 1.165) is 200 Å². The van der Waals surface area contributed by atoms with Gasteiger partial charge < -0.3 is 89.1 Å². The zero-order chi connectivity index (χ0) is 113. The summed E-state index contributed by atoms with van der Waals surface area (Å²) in [6, 6.07) is 14.2. The molecule has 2 aliphatic carbocycles. The Hall–Kier alpha value is -5.47. The van der Waals surface area contributed by atoms with Gasteiger partial charge in [-0.3, -0.25) is 33.6 Å². The summed E-state index contributed by atoms with van der Waals surface area (Å²) in [6.45, 7) is 78.0. The van der Waals surface area contributed by atoms with Crippen molar-refractivity contribution in [2.45, 2.75) is 520 Å². The van der Waals surface area contributed by atoms with E-state index in [0.29, 0.717) is 116 Å². The SMILES string of the molecule is CC(=O)CC[C@H](C(=O)NCCCCCNC(C)C)C(C)C.CC(=O)CC[C@H](C(=O)NCCCCCNC(C)C)C(C)C.CC(C)NCCCCCNC(=O)[C@@H](CC1CCCCC1)C(C)C.CC(C)NCCCCCNC(=O)[C@@H](CO)C(C)C.CC(C)NCCCCCNC(=O)[C@@H](Cc1ccccc1)C(C)C.CC(C)NCCCCCNC(=O)[C@H](C(C)C)C1CCCCC1.CCCCC[C@H](C(=O)NCCCCCNC(C)C)C(C)C. The number of ketones is 2. The summed E-state index contributed by atoms with van der Waals surface area (Å²) in [5, 5.41) is 54.6. The predicted molar refractivity (Wildman–Crippen MR) is 637 cm³/mol. The Kier molecular flexibility index (Phi) is 101. The summed E-state index contributed by atoms with van der Waals surface area (Å²) >= 11 is 0. The number of aliphatic hydroxyl groups excluding tert-OH is 1. The normalized spacial score (nSPS) is 14.3. The Morgan fingerprint density at radius 2 is 0.503 bits per heavy atom. The lowest BCUT2D eigenvalue weighted by Gasteiger charge is -2.32. The molecule has 24 nitrogen and oxygen atoms in total. The smallest absolute Gasteiger partial charge is 0.225 e. The van der Waals surface area contributed by atoms with Crippen molar-refractivity contribution in [3.8, 4) is 0 Å². The molecule has 3 rings (SSSR count). The van der Waals surface area contributed by atoms with Gasteiger partial charge in [-0.15, -0.1) is 0 Å². The standard InChI is InChI=1S/C20H40N2O.C20H34N2O.C19H38N2O.C18H38N2O.2C17H34N2O2.C14H30N2O2/c2*1-16(2)19(15-18-11-7-5-8-12-18)20(23)22-14-10-6-9-13-21-17(3)4;1-15(2)18(17-11-7-5-8-12-17)19(22)21-14-10-6-9-13-20-16(3)4;1-6-7-9-12-17(15(2)3)18(21)20-14-11-8-10-13-19-16(4)5;2*1-13(2)16(10-9-15(5)20)17(21)19-12-8-6-7-11-18-14(3)4;1-11(2)13(10-17)14(18)16-9-7-5-6-8-15-12(3)4/h16-19,21H,5-15H2,1-4H3,(H,22,23);5,7-8,11-12,16-17,19,21H,6,9-10,13-15H2,1-4H3,(H,22,23);15-18,20H,5-14H2,1-4H3,(H,21,22);15-17,19H,6-14H2,1-5H3,(H,20,21);2*13-14,16,18H,6-12H2,1-5H3,(H,19,21);11-13,15,17H,5-10H2,1-4H3,(H,16,18)/t2*19-;18-;17-;2*16-;13-/m0010000/s1. The fraction of sp³-hybridized carbons (Fsp3) is 0.880. The van der Waals surface area contributed by atoms with E-state index in [1.54, 1.807) is 13.8 Å². The number of amides is 7. The van der Waals surface area contributed by atoms with Gasteiger partial charge in [0, 0.05) is 136 Å². The van der Waals surface area contributed by atoms with Crippen LogP contribution in [0, 0.1) is 94.7 Å². The van der Waals surface area contributed by atoms with E-state index in [1.165, 1.54) is 134 Å². The number of hydrogen-bond donors (Lipinski definition) is 15. The summed E-state index contributed by atoms with van der Waals surface area (Å²) in [4.78, 5) is 108. The number of unbranched alkanes of at least 4 members (excludes halogenated alkanes) is 16. The van der Waals surface area contributed by atoms with E-state index in [9.17, 15) is 43.2 Å². The molecule has 24 heteroatoms. The molecule has 0 aliphatic heterocycles. The molecule has 878 valence electrons. The molecule has 15 N–H and O–H groups in total. The fourth-order valence-corrected chi connectivity index (χ4v) is 18.9. The Labute approximate surface area is 919 Å². The van der Waals surface area contributed by atoms with Gasteiger partial charge in [-0.1, -0.05) is 347 Å². The number of nitrogens with one attached hydrogen (secondary N) is 14. The van der Waals surface area contributed by atoms with Crippen LogP contribution in [0.1, 0.15) is 477 Å². The van der Waals surface area contributed by atoms with Crippen LogP contribution < -0.4 is 74.4 Å². The van der Waals surface area contributed by atoms with Gasteiger partial charge in [-0.05, 0) is 253 Å². The second-order valence-electron chi connectivity index (χ2n) is 48.1. The Morgan fingerprint density at radius 3 is 0.752 bits per heavy atom. The highest BCUT2D eigenvalue weighted by Crippen LogP contribution is 2.35. The average Bonchev–Trinajstić information content (AvgIpc) is 0.857. The van der Waals surface area contributed by atoms with Crippen molar-refractivity contribution in [3.63, 3.8) is 0 Å². The Bertz CT molecular complexity index is 3230. The molecule has 149 heavy (non-hydrogen) atoms. The van der Waals surface area contributed by atoms with Crippen molar-refractivity contribution in [2.75, 3.05) is 98.2 Å². The number of carbonyl (C=O) groups excluding carboxylic acids is 9. The number of Topliss-reactive ketones (excluding diaryl/α,β-unsaturated/α-hetero) is 2. The molecule has 2 aliphatic rings. The number of aliphatic hydroxyl groups is 1. The van der Waals surface area contributed by atoms with Gasteiger partial charge in [-0.2, -0.15) is 0 Å². The molecule has 2 fully saturated rings. The van der Waals surface area contributed by atoms with E-state index in [2.05, 4.69) is 246 Å². The molecular formula is C125H248N14O10. The van der Waals surface area contributed by atoms with E-state index in [-0.39, 0.29) is 107 Å². The topological polar surface area (TPSA) is 342 Å². The van der Waals surface area contributed by atoms with Crippen molar-refractivity contribution < 1.29 is 48.3 Å². The Morgan fingerprint density at radius 1 is 0.262 bits per heavy atom. The van der Waals surface area contributed by atoms with Crippen LogP contribution in [0.15, 0.2) is 30.3 Å². The molecular weight excluding hydrogens is 1860 g/mol. The third kappa shape index (κ3) is 93.5. The van der Waals surface area contributed by atoms with Crippen LogP contribution in [0.5, 0.6) is 0 Å². The van der Waals surface area contributed by atoms with Crippen molar-refractivity contribution in [2.24, 2.45) is 94.7 Å². The minimum atomic E-state index is -0.271. The molecule has 0 heterocycles. The van der Waals surface area contributed by atoms with Gasteiger partial charge in [0.05, 0.1) is 12.5 Å². The first-order chi connectivity index (χ1) is 70.7. The minimum absolute atomic E-state index is 0.0206. The van der Waals surface area contributed by atoms with Gasteiger partial charge >= 0.3 is 0 Å². The molecule has 2 saturated carbocycles. The summed E-state index contributed by atoms with van der Waals surface area (Å²) in [7, 11) is 0. The van der Waals surface area contributed by atoms with Crippen LogP contribution in [0.25, 0.3) is 0 Å². The average molecular weight is 2110 g/mol. The summed E-state index contributed by atoms with van der Waals surface area (Å²) in [5.41, 5.74) is 1.24. The Balaban J connectivity index is -0.000000824. The highest BCUT2D eigenvalue weighted by molar-refractivity contribution is 5.83. The quantitative estimate of drug-likeness (QED) is 0.0269. The van der Waals surface area contributed by atoms with Crippen LogP contribution in [0.4, 0.5) is 0 Å². The number of rotatable bonds is 79. The van der Waals surface area contributed by atoms with Crippen molar-refractivity contribution in [1.82, 2.24) is 74.4 Å². The first kappa shape index (κ1) is 150. The first-order valence-corrected chi connectivity index (χ1v) is 61.4. The van der Waals surface area contributed by atoms with Gasteiger partial charge in [0.2, 0.25) is 41.4 Å². The number of carbonyl (C=O) groups is 9. The predicted octanol–water partition coefficient (Wildman–Crippen LogP) is 23.9. The largest absolute Gasteiger partial charge is 0.396 e. The summed E-state index contributed by atoms with van der Waals surface area (Å²) in [6.07, 6.45) is 45.8. The number of hydrogen-bond acceptors (Lipinski definition) is 17. The first-order valence-electron chi connectivity index (χ1n) is 61.4. The molecule has 1 aromatic rings. The zero-order valence-corrected chi connectivity index (χ0v) is 103. The maximum Gasteiger partial charge on any atom is 0.225 e. The van der Waals surface area contributed by atoms with E-state index >= 15 is 0 Å². The second-order valence-corrected chi connectivity index (χ2v) is 48.1. The van der Waals surface area contributed by atoms with Crippen LogP contribution in [-0.4, -0.2) is 199 Å². The zero-order valence-electron chi connectivity index (χ0n) is 103. The van der Waals surface area contributed by atoms with Crippen LogP contribution >= 0.6 is 0 Å². The third-order valence-corrected chi connectivity index (χ3v) is 28.5. The molecule has 0 radical (unpaired) electrons. The molecule has 1 aromatic carbocycles. The molecule has 0 unspecified atom stereocenters. The summed E-state index contributed by atoms with van der Waals surface area (Å²) in [5.74, 6) is 5.73. The molecule has 0 bridgehead atoms. The third-order valence-electron chi connectivity index (χ3n) is 28.5. The molecule has 7 atom stereocenters. The summed E-state index contributed by atoms with van der Waals surface area (Å²) < 4.78 is 0. The highest BCUT2D eigenvalue weighted by atomic mass is 16.3. The van der Waals surface area contributed by atoms with Crippen molar-refractivity contribution >= 4 is 52.9 Å². The van der Waals surface area contributed by atoms with E-state index in [1.807, 2.05) is 59.7 Å². The lowest BCUT2D eigenvalue weighted by molar-refractivity contribution is -0.129. The maximum atomic E-state index is 12.5. The van der Waals surface area contributed by atoms with Gasteiger partial charge in [0.25, 0.3) is 0 Å².